The SMILES string of the molecule is COc1ccc(CNc2ccccc2S(=O)(=O)NC2C=CC=C2)cc1. The Morgan fingerprint density at radius 1 is 1.00 bits per heavy atom. The Balaban J connectivity index is 1.75. The van der Waals surface area contributed by atoms with Crippen molar-refractivity contribution in [1.29, 1.82) is 0 Å². The fourth-order valence-corrected chi connectivity index (χ4v) is 3.87. The number of sulfonamides is 1. The largest absolute Gasteiger partial charge is 0.497 e. The summed E-state index contributed by atoms with van der Waals surface area (Å²) in [6.07, 6.45) is 7.23. The lowest BCUT2D eigenvalue weighted by atomic mass is 10.2. The smallest absolute Gasteiger partial charge is 0.243 e. The fraction of sp³-hybridized carbons (Fsp3) is 0.158. The molecule has 0 saturated heterocycles. The van der Waals surface area contributed by atoms with Crippen molar-refractivity contribution in [2.75, 3.05) is 12.4 Å². The Hall–Kier alpha value is -2.57. The van der Waals surface area contributed by atoms with Gasteiger partial charge in [0.1, 0.15) is 10.6 Å². The molecule has 0 fully saturated rings. The summed E-state index contributed by atoms with van der Waals surface area (Å²) >= 11 is 0. The standard InChI is InChI=1S/C19H20N2O3S/c1-24-17-12-10-15(11-13-17)14-20-18-8-4-5-9-19(18)25(22,23)21-16-6-2-3-7-16/h2-13,16,20-21H,14H2,1H3. The maximum Gasteiger partial charge on any atom is 0.243 e. The molecule has 0 bridgehead atoms. The van der Waals surface area contributed by atoms with Crippen LogP contribution in [0.25, 0.3) is 0 Å². The van der Waals surface area contributed by atoms with Crippen LogP contribution < -0.4 is 14.8 Å². The number of allylic oxidation sites excluding steroid dienone is 2. The van der Waals surface area contributed by atoms with Crippen LogP contribution in [0.15, 0.2) is 77.7 Å². The molecule has 0 amide bonds. The van der Waals surface area contributed by atoms with E-state index in [1.807, 2.05) is 42.5 Å². The number of rotatable bonds is 7. The third-order valence-electron chi connectivity index (χ3n) is 3.86. The predicted octanol–water partition coefficient (Wildman–Crippen LogP) is 3.08. The Labute approximate surface area is 148 Å². The van der Waals surface area contributed by atoms with Crippen LogP contribution in [-0.2, 0) is 16.6 Å². The average molecular weight is 356 g/mol. The molecule has 1 aliphatic carbocycles. The van der Waals surface area contributed by atoms with Crippen molar-refractivity contribution in [3.8, 4) is 5.75 Å². The lowest BCUT2D eigenvalue weighted by Gasteiger charge is -2.15. The third kappa shape index (κ3) is 4.29. The highest BCUT2D eigenvalue weighted by atomic mass is 32.2. The van der Waals surface area contributed by atoms with Crippen LogP contribution in [0.2, 0.25) is 0 Å². The minimum Gasteiger partial charge on any atom is -0.497 e. The van der Waals surface area contributed by atoms with E-state index >= 15 is 0 Å². The molecule has 6 heteroatoms. The molecule has 0 spiro atoms. The predicted molar refractivity (Wildman–Crippen MR) is 99.2 cm³/mol. The molecule has 3 rings (SSSR count). The van der Waals surface area contributed by atoms with Gasteiger partial charge in [0.15, 0.2) is 0 Å². The van der Waals surface area contributed by atoms with E-state index in [1.165, 1.54) is 0 Å². The maximum atomic E-state index is 12.7. The molecule has 0 radical (unpaired) electrons. The summed E-state index contributed by atoms with van der Waals surface area (Å²) in [7, 11) is -2.00. The third-order valence-corrected chi connectivity index (χ3v) is 5.38. The fourth-order valence-electron chi connectivity index (χ4n) is 2.54. The van der Waals surface area contributed by atoms with Crippen LogP contribution >= 0.6 is 0 Å². The molecular formula is C19H20N2O3S. The van der Waals surface area contributed by atoms with E-state index in [2.05, 4.69) is 10.0 Å². The summed E-state index contributed by atoms with van der Waals surface area (Å²) in [4.78, 5) is 0.234. The van der Waals surface area contributed by atoms with Gasteiger partial charge in [0.05, 0.1) is 18.8 Å². The molecule has 0 aromatic heterocycles. The van der Waals surface area contributed by atoms with Crippen LogP contribution in [-0.4, -0.2) is 21.6 Å². The monoisotopic (exact) mass is 356 g/mol. The van der Waals surface area contributed by atoms with E-state index in [0.29, 0.717) is 12.2 Å². The zero-order valence-electron chi connectivity index (χ0n) is 13.8. The average Bonchev–Trinajstić information content (AvgIpc) is 3.13. The number of para-hydroxylation sites is 1. The van der Waals surface area contributed by atoms with Gasteiger partial charge in [-0.05, 0) is 29.8 Å². The lowest BCUT2D eigenvalue weighted by molar-refractivity contribution is 0.414. The first kappa shape index (κ1) is 17.3. The van der Waals surface area contributed by atoms with E-state index in [4.69, 9.17) is 4.74 Å². The number of hydrogen-bond acceptors (Lipinski definition) is 4. The van der Waals surface area contributed by atoms with E-state index in [0.717, 1.165) is 11.3 Å². The second-order valence-electron chi connectivity index (χ2n) is 5.61. The van der Waals surface area contributed by atoms with Crippen LogP contribution in [0.5, 0.6) is 5.75 Å². The first-order chi connectivity index (χ1) is 12.1. The first-order valence-corrected chi connectivity index (χ1v) is 9.40. The van der Waals surface area contributed by atoms with Gasteiger partial charge in [-0.2, -0.15) is 0 Å². The molecule has 1 aliphatic rings. The molecule has 0 unspecified atom stereocenters. The van der Waals surface area contributed by atoms with E-state index in [9.17, 15) is 8.42 Å². The molecule has 0 atom stereocenters. The quantitative estimate of drug-likeness (QED) is 0.800. The number of hydrogen-bond donors (Lipinski definition) is 2. The van der Waals surface area contributed by atoms with Crippen LogP contribution in [0.4, 0.5) is 5.69 Å². The first-order valence-electron chi connectivity index (χ1n) is 7.92. The topological polar surface area (TPSA) is 67.4 Å². The van der Waals surface area contributed by atoms with Crippen molar-refractivity contribution in [3.63, 3.8) is 0 Å². The minimum atomic E-state index is -3.62. The van der Waals surface area contributed by atoms with E-state index in [-0.39, 0.29) is 10.9 Å². The molecule has 2 N–H and O–H groups in total. The summed E-state index contributed by atoms with van der Waals surface area (Å²) in [6, 6.07) is 14.2. The molecule has 0 saturated carbocycles. The summed E-state index contributed by atoms with van der Waals surface area (Å²) in [5.41, 5.74) is 1.60. The van der Waals surface area contributed by atoms with Gasteiger partial charge in [0, 0.05) is 6.54 Å². The molecule has 0 aliphatic heterocycles. The minimum absolute atomic E-state index is 0.234. The number of benzene rings is 2. The van der Waals surface area contributed by atoms with Gasteiger partial charge < -0.3 is 10.1 Å². The van der Waals surface area contributed by atoms with Crippen molar-refractivity contribution < 1.29 is 13.2 Å². The molecule has 0 heterocycles. The van der Waals surface area contributed by atoms with Gasteiger partial charge in [0.25, 0.3) is 0 Å². The molecule has 25 heavy (non-hydrogen) atoms. The van der Waals surface area contributed by atoms with Gasteiger partial charge in [-0.15, -0.1) is 0 Å². The highest BCUT2D eigenvalue weighted by Gasteiger charge is 2.21. The van der Waals surface area contributed by atoms with Crippen LogP contribution in [0.1, 0.15) is 5.56 Å². The zero-order valence-corrected chi connectivity index (χ0v) is 14.7. The van der Waals surface area contributed by atoms with Gasteiger partial charge >= 0.3 is 0 Å². The van der Waals surface area contributed by atoms with Crippen LogP contribution in [0, 0.1) is 0 Å². The van der Waals surface area contributed by atoms with Crippen molar-refractivity contribution in [2.24, 2.45) is 0 Å². The van der Waals surface area contributed by atoms with Crippen molar-refractivity contribution in [2.45, 2.75) is 17.5 Å². The van der Waals surface area contributed by atoms with Gasteiger partial charge in [-0.1, -0.05) is 48.6 Å². The maximum absolute atomic E-state index is 12.7. The molecule has 5 nitrogen and oxygen atoms in total. The number of methoxy groups -OCH3 is 1. The molecule has 130 valence electrons. The second kappa shape index (κ2) is 7.55. The lowest BCUT2D eigenvalue weighted by Crippen LogP contribution is -2.31. The second-order valence-corrected chi connectivity index (χ2v) is 7.30. The van der Waals surface area contributed by atoms with E-state index in [1.54, 1.807) is 37.5 Å². The number of ether oxygens (including phenoxy) is 1. The summed E-state index contributed by atoms with van der Waals surface area (Å²) in [5.74, 6) is 0.786. The normalized spacial score (nSPS) is 14.0. The van der Waals surface area contributed by atoms with Crippen molar-refractivity contribution in [1.82, 2.24) is 4.72 Å². The van der Waals surface area contributed by atoms with Gasteiger partial charge in [0.2, 0.25) is 10.0 Å². The van der Waals surface area contributed by atoms with Crippen LogP contribution in [0.3, 0.4) is 0 Å². The summed E-state index contributed by atoms with van der Waals surface area (Å²) in [5, 5.41) is 3.20. The highest BCUT2D eigenvalue weighted by Crippen LogP contribution is 2.22. The number of nitrogens with one attached hydrogen (secondary N) is 2. The Kier molecular flexibility index (Phi) is 5.21. The van der Waals surface area contributed by atoms with Gasteiger partial charge in [-0.25, -0.2) is 13.1 Å². The highest BCUT2D eigenvalue weighted by molar-refractivity contribution is 7.89. The Bertz CT molecular complexity index is 875. The van der Waals surface area contributed by atoms with E-state index < -0.39 is 10.0 Å². The molecule has 2 aromatic carbocycles. The molecular weight excluding hydrogens is 336 g/mol. The van der Waals surface area contributed by atoms with Gasteiger partial charge in [-0.3, -0.25) is 0 Å². The van der Waals surface area contributed by atoms with Crippen molar-refractivity contribution >= 4 is 15.7 Å². The van der Waals surface area contributed by atoms with Crippen molar-refractivity contribution in [3.05, 3.63) is 78.4 Å². The summed E-state index contributed by atoms with van der Waals surface area (Å²) in [6.45, 7) is 0.514. The zero-order chi connectivity index (χ0) is 17.7. The summed E-state index contributed by atoms with van der Waals surface area (Å²) < 4.78 is 33.1. The Morgan fingerprint density at radius 2 is 1.68 bits per heavy atom. The molecule has 2 aromatic rings. The Morgan fingerprint density at radius 3 is 2.36 bits per heavy atom. The number of anilines is 1.